The van der Waals surface area contributed by atoms with Gasteiger partial charge in [0, 0.05) is 25.6 Å². The van der Waals surface area contributed by atoms with Crippen molar-refractivity contribution in [2.45, 2.75) is 59.5 Å². The molecule has 20 heavy (non-hydrogen) atoms. The van der Waals surface area contributed by atoms with Crippen molar-refractivity contribution in [3.05, 3.63) is 15.9 Å². The Morgan fingerprint density at radius 3 is 2.60 bits per heavy atom. The molecule has 0 aliphatic rings. The number of nitrogens with zero attached hydrogens (tertiary/aromatic N) is 2. The molecule has 0 spiro atoms. The first kappa shape index (κ1) is 17.7. The highest BCUT2D eigenvalue weighted by Crippen LogP contribution is 2.23. The molecule has 1 rings (SSSR count). The second kappa shape index (κ2) is 9.53. The first-order valence-corrected chi connectivity index (χ1v) is 8.52. The van der Waals surface area contributed by atoms with Gasteiger partial charge in [-0.05, 0) is 42.2 Å². The number of nitrogens with one attached hydrogen (secondary N) is 1. The third-order valence-corrected chi connectivity index (χ3v) is 4.21. The number of halogens is 1. The van der Waals surface area contributed by atoms with Crippen molar-refractivity contribution in [2.75, 3.05) is 19.8 Å². The summed E-state index contributed by atoms with van der Waals surface area (Å²) in [6, 6.07) is 0.342. The number of likely N-dealkylation sites (N-methyl/N-ethyl adjacent to an activating group) is 1. The van der Waals surface area contributed by atoms with Gasteiger partial charge in [0.2, 0.25) is 0 Å². The maximum Gasteiger partial charge on any atom is 0.0766 e. The second-order valence-electron chi connectivity index (χ2n) is 4.91. The summed E-state index contributed by atoms with van der Waals surface area (Å²) in [6.45, 7) is 12.0. The smallest absolute Gasteiger partial charge is 0.0766 e. The fraction of sp³-hybridized carbons (Fsp3) is 0.800. The van der Waals surface area contributed by atoms with Crippen LogP contribution in [-0.4, -0.2) is 35.6 Å². The van der Waals surface area contributed by atoms with E-state index in [2.05, 4.69) is 58.7 Å². The van der Waals surface area contributed by atoms with E-state index in [4.69, 9.17) is 4.74 Å². The van der Waals surface area contributed by atoms with Gasteiger partial charge in [0.05, 0.1) is 22.5 Å². The van der Waals surface area contributed by atoms with Crippen LogP contribution in [0.3, 0.4) is 0 Å². The monoisotopic (exact) mass is 345 g/mol. The number of aromatic nitrogens is 2. The van der Waals surface area contributed by atoms with Gasteiger partial charge in [-0.2, -0.15) is 5.10 Å². The minimum absolute atomic E-state index is 0.342. The molecule has 0 saturated carbocycles. The Morgan fingerprint density at radius 1 is 1.30 bits per heavy atom. The van der Waals surface area contributed by atoms with E-state index in [0.29, 0.717) is 6.04 Å². The van der Waals surface area contributed by atoms with E-state index in [0.717, 1.165) is 51.3 Å². The average molecular weight is 346 g/mol. The molecule has 4 nitrogen and oxygen atoms in total. The van der Waals surface area contributed by atoms with Crippen molar-refractivity contribution in [1.29, 1.82) is 0 Å². The second-order valence-corrected chi connectivity index (χ2v) is 5.70. The molecule has 1 N–H and O–H groups in total. The van der Waals surface area contributed by atoms with Crippen molar-refractivity contribution in [1.82, 2.24) is 15.1 Å². The lowest BCUT2D eigenvalue weighted by atomic mass is 10.1. The highest BCUT2D eigenvalue weighted by molar-refractivity contribution is 9.10. The Morgan fingerprint density at radius 2 is 2.05 bits per heavy atom. The fourth-order valence-electron chi connectivity index (χ4n) is 2.29. The molecule has 0 amide bonds. The van der Waals surface area contributed by atoms with E-state index in [1.165, 1.54) is 10.2 Å². The summed E-state index contributed by atoms with van der Waals surface area (Å²) in [7, 11) is 0. The summed E-state index contributed by atoms with van der Waals surface area (Å²) in [5.41, 5.74) is 2.42. The zero-order chi connectivity index (χ0) is 15.0. The maximum absolute atomic E-state index is 5.71. The van der Waals surface area contributed by atoms with E-state index < -0.39 is 0 Å². The van der Waals surface area contributed by atoms with Crippen LogP contribution in [0.5, 0.6) is 0 Å². The van der Waals surface area contributed by atoms with E-state index in [1.54, 1.807) is 0 Å². The van der Waals surface area contributed by atoms with Gasteiger partial charge >= 0.3 is 0 Å². The SMILES string of the molecule is CCCOCC(Cc1c(Br)c(CC)nn1CC)NCC. The first-order valence-electron chi connectivity index (χ1n) is 7.72. The molecule has 116 valence electrons. The molecule has 1 unspecified atom stereocenters. The van der Waals surface area contributed by atoms with Crippen molar-refractivity contribution in [2.24, 2.45) is 0 Å². The van der Waals surface area contributed by atoms with Gasteiger partial charge in [-0.15, -0.1) is 0 Å². The van der Waals surface area contributed by atoms with Crippen LogP contribution in [0.4, 0.5) is 0 Å². The lowest BCUT2D eigenvalue weighted by Gasteiger charge is -2.18. The molecule has 0 radical (unpaired) electrons. The van der Waals surface area contributed by atoms with Crippen molar-refractivity contribution in [3.63, 3.8) is 0 Å². The predicted octanol–water partition coefficient (Wildman–Crippen LogP) is 3.18. The average Bonchev–Trinajstić information content (AvgIpc) is 2.75. The van der Waals surface area contributed by atoms with Crippen molar-refractivity contribution < 1.29 is 4.74 Å². The van der Waals surface area contributed by atoms with Crippen LogP contribution in [0.25, 0.3) is 0 Å². The highest BCUT2D eigenvalue weighted by atomic mass is 79.9. The van der Waals surface area contributed by atoms with Gasteiger partial charge in [0.15, 0.2) is 0 Å². The van der Waals surface area contributed by atoms with Crippen LogP contribution >= 0.6 is 15.9 Å². The zero-order valence-corrected chi connectivity index (χ0v) is 14.8. The molecule has 1 aromatic heterocycles. The van der Waals surface area contributed by atoms with Gasteiger partial charge < -0.3 is 10.1 Å². The molecule has 0 aliphatic heterocycles. The lowest BCUT2D eigenvalue weighted by molar-refractivity contribution is 0.111. The number of hydrogen-bond acceptors (Lipinski definition) is 3. The van der Waals surface area contributed by atoms with Crippen LogP contribution in [0.15, 0.2) is 4.47 Å². The molecule has 1 aromatic rings. The molecule has 1 atom stereocenters. The van der Waals surface area contributed by atoms with Gasteiger partial charge in [0.1, 0.15) is 0 Å². The summed E-state index contributed by atoms with van der Waals surface area (Å²) in [6.07, 6.45) is 2.97. The van der Waals surface area contributed by atoms with Gasteiger partial charge in [-0.1, -0.05) is 20.8 Å². The van der Waals surface area contributed by atoms with E-state index >= 15 is 0 Å². The van der Waals surface area contributed by atoms with Gasteiger partial charge in [-0.25, -0.2) is 0 Å². The van der Waals surface area contributed by atoms with Gasteiger partial charge in [-0.3, -0.25) is 4.68 Å². The molecule has 0 aliphatic carbocycles. The molecule has 0 bridgehead atoms. The molecule has 0 saturated heterocycles. The number of hydrogen-bond donors (Lipinski definition) is 1. The third-order valence-electron chi connectivity index (χ3n) is 3.29. The molecule has 0 fully saturated rings. The van der Waals surface area contributed by atoms with E-state index in [9.17, 15) is 0 Å². The molecule has 5 heteroatoms. The predicted molar refractivity (Wildman–Crippen MR) is 87.3 cm³/mol. The van der Waals surface area contributed by atoms with Crippen LogP contribution in [-0.2, 0) is 24.1 Å². The highest BCUT2D eigenvalue weighted by Gasteiger charge is 2.18. The van der Waals surface area contributed by atoms with Crippen LogP contribution in [0.1, 0.15) is 45.5 Å². The normalized spacial score (nSPS) is 12.8. The Labute approximate surface area is 131 Å². The summed E-state index contributed by atoms with van der Waals surface area (Å²) < 4.78 is 8.98. The number of rotatable bonds is 10. The topological polar surface area (TPSA) is 39.1 Å². The largest absolute Gasteiger partial charge is 0.380 e. The lowest BCUT2D eigenvalue weighted by Crippen LogP contribution is -2.36. The fourth-order valence-corrected chi connectivity index (χ4v) is 3.02. The Balaban J connectivity index is 2.78. The number of aryl methyl sites for hydroxylation is 2. The van der Waals surface area contributed by atoms with Crippen molar-refractivity contribution >= 4 is 15.9 Å². The first-order chi connectivity index (χ1) is 9.67. The summed E-state index contributed by atoms with van der Waals surface area (Å²) in [4.78, 5) is 0. The minimum Gasteiger partial charge on any atom is -0.380 e. The summed E-state index contributed by atoms with van der Waals surface area (Å²) in [5.74, 6) is 0. The third kappa shape index (κ3) is 4.86. The molecular formula is C15H28BrN3O. The van der Waals surface area contributed by atoms with Crippen LogP contribution in [0.2, 0.25) is 0 Å². The van der Waals surface area contributed by atoms with E-state index in [1.807, 2.05) is 0 Å². The Kier molecular flexibility index (Phi) is 8.41. The van der Waals surface area contributed by atoms with Crippen molar-refractivity contribution in [3.8, 4) is 0 Å². The standard InChI is InChI=1S/C15H28BrN3O/c1-5-9-20-11-12(17-7-3)10-14-15(16)13(6-2)18-19(14)8-4/h12,17H,5-11H2,1-4H3. The van der Waals surface area contributed by atoms with Crippen LogP contribution < -0.4 is 5.32 Å². The Bertz CT molecular complexity index is 393. The molecular weight excluding hydrogens is 318 g/mol. The zero-order valence-electron chi connectivity index (χ0n) is 13.2. The van der Waals surface area contributed by atoms with Crippen LogP contribution in [0, 0.1) is 0 Å². The molecule has 1 heterocycles. The maximum atomic E-state index is 5.71. The number of ether oxygens (including phenoxy) is 1. The molecule has 0 aromatic carbocycles. The van der Waals surface area contributed by atoms with Gasteiger partial charge in [0.25, 0.3) is 0 Å². The summed E-state index contributed by atoms with van der Waals surface area (Å²) >= 11 is 3.71. The summed E-state index contributed by atoms with van der Waals surface area (Å²) in [5, 5.41) is 8.17. The quantitative estimate of drug-likeness (QED) is 0.662. The van der Waals surface area contributed by atoms with E-state index in [-0.39, 0.29) is 0 Å². The Hall–Kier alpha value is -0.390. The minimum atomic E-state index is 0.342.